The van der Waals surface area contributed by atoms with Gasteiger partial charge in [0.1, 0.15) is 0 Å². The average Bonchev–Trinajstić information content (AvgIpc) is 2.49. The van der Waals surface area contributed by atoms with Crippen molar-refractivity contribution in [3.05, 3.63) is 12.2 Å². The van der Waals surface area contributed by atoms with Gasteiger partial charge in [0.15, 0.2) is 0 Å². The first-order chi connectivity index (χ1) is 9.22. The second-order valence-electron chi connectivity index (χ2n) is 6.79. The molecule has 0 aromatic rings. The van der Waals surface area contributed by atoms with Crippen LogP contribution in [0.5, 0.6) is 0 Å². The van der Waals surface area contributed by atoms with Crippen LogP contribution in [0.15, 0.2) is 12.2 Å². The lowest BCUT2D eigenvalue weighted by molar-refractivity contribution is -0.0473. The maximum Gasteiger partial charge on any atom is 0.0639 e. The molecule has 0 spiro atoms. The molecule has 0 aromatic heterocycles. The zero-order valence-electron chi connectivity index (χ0n) is 12.5. The zero-order chi connectivity index (χ0) is 13.7. The summed E-state index contributed by atoms with van der Waals surface area (Å²) in [5.41, 5.74) is 6.10. The topological polar surface area (TPSA) is 46.2 Å². The molecule has 2 rings (SSSR count). The van der Waals surface area contributed by atoms with Crippen molar-refractivity contribution in [2.75, 3.05) is 6.54 Å². The fraction of sp³-hybridized carbons (Fsp3) is 0.882. The third kappa shape index (κ3) is 3.41. The molecule has 1 fully saturated rings. The summed E-state index contributed by atoms with van der Waals surface area (Å²) in [4.78, 5) is 0. The van der Waals surface area contributed by atoms with E-state index >= 15 is 0 Å². The maximum absolute atomic E-state index is 10.9. The molecule has 2 atom stereocenters. The molecule has 3 N–H and O–H groups in total. The van der Waals surface area contributed by atoms with Crippen molar-refractivity contribution >= 4 is 0 Å². The van der Waals surface area contributed by atoms with Crippen LogP contribution < -0.4 is 5.73 Å². The Kier molecular flexibility index (Phi) is 5.47. The van der Waals surface area contributed by atoms with Crippen LogP contribution >= 0.6 is 0 Å². The smallest absolute Gasteiger partial charge is 0.0639 e. The Balaban J connectivity index is 1.96. The van der Waals surface area contributed by atoms with Gasteiger partial charge in [0, 0.05) is 12.0 Å². The molecule has 2 unspecified atom stereocenters. The molecule has 0 heterocycles. The number of aliphatic hydroxyl groups excluding tert-OH is 1. The normalized spacial score (nSPS) is 37.2. The largest absolute Gasteiger partial charge is 0.392 e. The van der Waals surface area contributed by atoms with Gasteiger partial charge in [0.2, 0.25) is 0 Å². The molecule has 2 aliphatic rings. The molecule has 0 radical (unpaired) electrons. The highest BCUT2D eigenvalue weighted by molar-refractivity contribution is 4.99. The highest BCUT2D eigenvalue weighted by Crippen LogP contribution is 2.45. The van der Waals surface area contributed by atoms with E-state index in [1.807, 2.05) is 0 Å². The Morgan fingerprint density at radius 1 is 1.26 bits per heavy atom. The SMILES string of the molecule is CCCC1CCC(CN)(C(O)C2CC=CCC2)CC1. The molecular weight excluding hydrogens is 234 g/mol. The van der Waals surface area contributed by atoms with E-state index in [0.29, 0.717) is 12.5 Å². The summed E-state index contributed by atoms with van der Waals surface area (Å²) in [5, 5.41) is 10.9. The monoisotopic (exact) mass is 265 g/mol. The average molecular weight is 265 g/mol. The number of hydrogen-bond acceptors (Lipinski definition) is 2. The Labute approximate surface area is 118 Å². The van der Waals surface area contributed by atoms with E-state index < -0.39 is 0 Å². The number of hydrogen-bond donors (Lipinski definition) is 2. The molecule has 2 aliphatic carbocycles. The summed E-state index contributed by atoms with van der Waals surface area (Å²) in [6, 6.07) is 0. The van der Waals surface area contributed by atoms with Crippen LogP contribution in [0, 0.1) is 17.3 Å². The third-order valence-corrected chi connectivity index (χ3v) is 5.59. The van der Waals surface area contributed by atoms with E-state index in [1.165, 1.54) is 25.7 Å². The second kappa shape index (κ2) is 6.90. The first-order valence-corrected chi connectivity index (χ1v) is 8.25. The molecule has 2 heteroatoms. The molecule has 1 saturated carbocycles. The molecule has 0 saturated heterocycles. The van der Waals surface area contributed by atoms with Gasteiger partial charge in [-0.25, -0.2) is 0 Å². The fourth-order valence-electron chi connectivity index (χ4n) is 4.17. The van der Waals surface area contributed by atoms with Gasteiger partial charge in [-0.2, -0.15) is 0 Å². The lowest BCUT2D eigenvalue weighted by atomic mass is 9.63. The molecular formula is C17H31NO. The highest BCUT2D eigenvalue weighted by atomic mass is 16.3. The van der Waals surface area contributed by atoms with Gasteiger partial charge in [-0.1, -0.05) is 31.9 Å². The van der Waals surface area contributed by atoms with E-state index in [0.717, 1.165) is 38.0 Å². The molecule has 2 nitrogen and oxygen atoms in total. The lowest BCUT2D eigenvalue weighted by Gasteiger charge is -2.46. The van der Waals surface area contributed by atoms with E-state index in [4.69, 9.17) is 5.73 Å². The first-order valence-electron chi connectivity index (χ1n) is 8.25. The molecule has 0 aliphatic heterocycles. The molecule has 0 amide bonds. The minimum atomic E-state index is -0.190. The summed E-state index contributed by atoms with van der Waals surface area (Å²) in [6.07, 6.45) is 15.0. The number of aliphatic hydroxyl groups is 1. The minimum Gasteiger partial charge on any atom is -0.392 e. The first kappa shape index (κ1) is 15.1. The third-order valence-electron chi connectivity index (χ3n) is 5.59. The lowest BCUT2D eigenvalue weighted by Crippen LogP contribution is -2.48. The molecule has 19 heavy (non-hydrogen) atoms. The Morgan fingerprint density at radius 2 is 2.00 bits per heavy atom. The van der Waals surface area contributed by atoms with Crippen molar-refractivity contribution in [2.24, 2.45) is 23.0 Å². The van der Waals surface area contributed by atoms with Crippen LogP contribution in [-0.2, 0) is 0 Å². The van der Waals surface area contributed by atoms with Crippen LogP contribution in [0.4, 0.5) is 0 Å². The Hall–Kier alpha value is -0.340. The van der Waals surface area contributed by atoms with Crippen molar-refractivity contribution < 1.29 is 5.11 Å². The summed E-state index contributed by atoms with van der Waals surface area (Å²) in [5.74, 6) is 1.32. The molecule has 110 valence electrons. The summed E-state index contributed by atoms with van der Waals surface area (Å²) < 4.78 is 0. The van der Waals surface area contributed by atoms with Crippen molar-refractivity contribution in [3.63, 3.8) is 0 Å². The van der Waals surface area contributed by atoms with Crippen LogP contribution in [-0.4, -0.2) is 17.8 Å². The Morgan fingerprint density at radius 3 is 2.53 bits per heavy atom. The van der Waals surface area contributed by atoms with Crippen LogP contribution in [0.3, 0.4) is 0 Å². The fourth-order valence-corrected chi connectivity index (χ4v) is 4.17. The Bertz CT molecular complexity index is 292. The molecule has 0 bridgehead atoms. The van der Waals surface area contributed by atoms with Gasteiger partial charge < -0.3 is 10.8 Å². The zero-order valence-corrected chi connectivity index (χ0v) is 12.5. The van der Waals surface area contributed by atoms with E-state index in [1.54, 1.807) is 0 Å². The van der Waals surface area contributed by atoms with Crippen LogP contribution in [0.1, 0.15) is 64.7 Å². The van der Waals surface area contributed by atoms with Gasteiger partial charge in [0.25, 0.3) is 0 Å². The van der Waals surface area contributed by atoms with Crippen LogP contribution in [0.2, 0.25) is 0 Å². The van der Waals surface area contributed by atoms with Crippen molar-refractivity contribution in [2.45, 2.75) is 70.8 Å². The van der Waals surface area contributed by atoms with E-state index in [2.05, 4.69) is 19.1 Å². The van der Waals surface area contributed by atoms with E-state index in [9.17, 15) is 5.11 Å². The number of nitrogens with two attached hydrogens (primary N) is 1. The predicted octanol–water partition coefficient (Wildman–Crippen LogP) is 3.64. The van der Waals surface area contributed by atoms with Gasteiger partial charge in [-0.3, -0.25) is 0 Å². The summed E-state index contributed by atoms with van der Waals surface area (Å²) >= 11 is 0. The van der Waals surface area contributed by atoms with Crippen molar-refractivity contribution in [1.29, 1.82) is 0 Å². The quantitative estimate of drug-likeness (QED) is 0.746. The predicted molar refractivity (Wildman–Crippen MR) is 80.8 cm³/mol. The summed E-state index contributed by atoms with van der Waals surface area (Å²) in [6.45, 7) is 2.93. The van der Waals surface area contributed by atoms with Gasteiger partial charge in [-0.05, 0) is 56.8 Å². The van der Waals surface area contributed by atoms with Gasteiger partial charge >= 0.3 is 0 Å². The molecule has 0 aromatic carbocycles. The second-order valence-corrected chi connectivity index (χ2v) is 6.79. The standard InChI is InChI=1S/C17H31NO/c1-2-6-14-9-11-17(13-18,12-10-14)16(19)15-7-4-3-5-8-15/h3-4,14-16,19H,2,5-13,18H2,1H3. The minimum absolute atomic E-state index is 0.0140. The van der Waals surface area contributed by atoms with Crippen molar-refractivity contribution in [3.8, 4) is 0 Å². The van der Waals surface area contributed by atoms with Crippen molar-refractivity contribution in [1.82, 2.24) is 0 Å². The highest BCUT2D eigenvalue weighted by Gasteiger charge is 2.43. The van der Waals surface area contributed by atoms with Crippen LogP contribution in [0.25, 0.3) is 0 Å². The van der Waals surface area contributed by atoms with Gasteiger partial charge in [-0.15, -0.1) is 0 Å². The maximum atomic E-state index is 10.9. The number of rotatable bonds is 5. The number of allylic oxidation sites excluding steroid dienone is 2. The van der Waals surface area contributed by atoms with E-state index in [-0.39, 0.29) is 11.5 Å². The van der Waals surface area contributed by atoms with Gasteiger partial charge in [0.05, 0.1) is 6.10 Å². The summed E-state index contributed by atoms with van der Waals surface area (Å²) in [7, 11) is 0.